The fourth-order valence-corrected chi connectivity index (χ4v) is 4.82. The summed E-state index contributed by atoms with van der Waals surface area (Å²) in [5, 5.41) is 18.4. The summed E-state index contributed by atoms with van der Waals surface area (Å²) in [5.41, 5.74) is 1.13. The molecular formula is C24H30FN3O4. The van der Waals surface area contributed by atoms with E-state index in [1.165, 1.54) is 12.4 Å². The molecule has 172 valence electrons. The van der Waals surface area contributed by atoms with Gasteiger partial charge in [-0.2, -0.15) is 0 Å². The highest BCUT2D eigenvalue weighted by Crippen LogP contribution is 2.31. The molecule has 1 aliphatic carbocycles. The predicted molar refractivity (Wildman–Crippen MR) is 117 cm³/mol. The lowest BCUT2D eigenvalue weighted by Crippen LogP contribution is -2.44. The normalized spacial score (nSPS) is 22.6. The molecule has 0 spiro atoms. The number of carboxylic acid groups (broad SMARTS) is 1. The molecule has 1 aromatic heterocycles. The smallest absolute Gasteiger partial charge is 0.316 e. The Balaban J connectivity index is 1.24. The predicted octanol–water partition coefficient (Wildman–Crippen LogP) is 3.51. The van der Waals surface area contributed by atoms with Crippen LogP contribution in [0.1, 0.15) is 44.1 Å². The highest BCUT2D eigenvalue weighted by Gasteiger charge is 2.31. The highest BCUT2D eigenvalue weighted by atomic mass is 19.1. The molecule has 0 amide bonds. The van der Waals surface area contributed by atoms with Crippen molar-refractivity contribution in [3.8, 4) is 17.1 Å². The van der Waals surface area contributed by atoms with Gasteiger partial charge in [-0.15, -0.1) is 0 Å². The monoisotopic (exact) mass is 443 g/mol. The Hall–Kier alpha value is -2.58. The SMILES string of the molecule is O=C(O)C1CCC(N2CCC(COc3ncc(-c4cccc(CO)c4F)cn3)CC2)CC1. The lowest BCUT2D eigenvalue weighted by molar-refractivity contribution is -0.143. The van der Waals surface area contributed by atoms with Crippen LogP contribution in [0, 0.1) is 17.7 Å². The van der Waals surface area contributed by atoms with Gasteiger partial charge in [0.25, 0.3) is 0 Å². The number of aliphatic hydroxyl groups excluding tert-OH is 1. The minimum absolute atomic E-state index is 0.168. The van der Waals surface area contributed by atoms with Gasteiger partial charge in [-0.3, -0.25) is 4.79 Å². The van der Waals surface area contributed by atoms with Crippen LogP contribution in [0.25, 0.3) is 11.1 Å². The lowest BCUT2D eigenvalue weighted by Gasteiger charge is -2.40. The Kier molecular flexibility index (Phi) is 7.32. The van der Waals surface area contributed by atoms with Gasteiger partial charge in [-0.25, -0.2) is 14.4 Å². The van der Waals surface area contributed by atoms with Crippen molar-refractivity contribution in [3.05, 3.63) is 42.0 Å². The molecule has 7 nitrogen and oxygen atoms in total. The third kappa shape index (κ3) is 5.24. The summed E-state index contributed by atoms with van der Waals surface area (Å²) < 4.78 is 20.2. The summed E-state index contributed by atoms with van der Waals surface area (Å²) in [7, 11) is 0. The van der Waals surface area contributed by atoms with E-state index >= 15 is 0 Å². The van der Waals surface area contributed by atoms with Gasteiger partial charge in [0.1, 0.15) is 5.82 Å². The van der Waals surface area contributed by atoms with Crippen LogP contribution in [0.3, 0.4) is 0 Å². The van der Waals surface area contributed by atoms with Crippen molar-refractivity contribution in [1.82, 2.24) is 14.9 Å². The van der Waals surface area contributed by atoms with Crippen molar-refractivity contribution in [2.75, 3.05) is 19.7 Å². The molecule has 0 radical (unpaired) electrons. The topological polar surface area (TPSA) is 95.8 Å². The third-order valence-corrected chi connectivity index (χ3v) is 6.85. The maximum Gasteiger partial charge on any atom is 0.316 e. The number of halogens is 1. The second-order valence-corrected chi connectivity index (χ2v) is 8.83. The first-order chi connectivity index (χ1) is 15.5. The summed E-state index contributed by atoms with van der Waals surface area (Å²) in [6, 6.07) is 5.66. The number of carbonyl (C=O) groups is 1. The van der Waals surface area contributed by atoms with Crippen molar-refractivity contribution in [3.63, 3.8) is 0 Å². The number of hydrogen-bond donors (Lipinski definition) is 2. The number of benzene rings is 1. The third-order valence-electron chi connectivity index (χ3n) is 6.85. The zero-order valence-electron chi connectivity index (χ0n) is 18.1. The quantitative estimate of drug-likeness (QED) is 0.676. The number of aliphatic hydroxyl groups is 1. The molecule has 1 saturated carbocycles. The largest absolute Gasteiger partial charge is 0.481 e. The second-order valence-electron chi connectivity index (χ2n) is 8.83. The summed E-state index contributed by atoms with van der Waals surface area (Å²) in [6.45, 7) is 2.21. The van der Waals surface area contributed by atoms with E-state index in [9.17, 15) is 14.3 Å². The van der Waals surface area contributed by atoms with Crippen LogP contribution in [-0.2, 0) is 11.4 Å². The molecule has 2 aliphatic rings. The van der Waals surface area contributed by atoms with E-state index in [1.807, 2.05) is 0 Å². The second kappa shape index (κ2) is 10.4. The minimum Gasteiger partial charge on any atom is -0.481 e. The van der Waals surface area contributed by atoms with Crippen LogP contribution in [0.15, 0.2) is 30.6 Å². The number of likely N-dealkylation sites (tertiary alicyclic amines) is 1. The first-order valence-electron chi connectivity index (χ1n) is 11.4. The first-order valence-corrected chi connectivity index (χ1v) is 11.4. The van der Waals surface area contributed by atoms with Gasteiger partial charge in [0, 0.05) is 35.1 Å². The lowest BCUT2D eigenvalue weighted by atomic mass is 9.84. The Morgan fingerprint density at radius 1 is 1.09 bits per heavy atom. The number of hydrogen-bond acceptors (Lipinski definition) is 6. The number of rotatable bonds is 7. The van der Waals surface area contributed by atoms with E-state index in [1.54, 1.807) is 18.2 Å². The molecule has 0 unspecified atom stereocenters. The van der Waals surface area contributed by atoms with Gasteiger partial charge in [0.05, 0.1) is 19.1 Å². The zero-order chi connectivity index (χ0) is 22.5. The molecule has 2 fully saturated rings. The van der Waals surface area contributed by atoms with E-state index in [4.69, 9.17) is 9.84 Å². The van der Waals surface area contributed by atoms with Crippen LogP contribution in [-0.4, -0.2) is 56.8 Å². The van der Waals surface area contributed by atoms with E-state index in [-0.39, 0.29) is 24.1 Å². The Morgan fingerprint density at radius 2 is 1.78 bits per heavy atom. The van der Waals surface area contributed by atoms with Crippen LogP contribution in [0.4, 0.5) is 4.39 Å². The molecule has 1 aliphatic heterocycles. The first kappa shape index (κ1) is 22.6. The summed E-state index contributed by atoms with van der Waals surface area (Å²) in [4.78, 5) is 22.1. The van der Waals surface area contributed by atoms with Gasteiger partial charge in [-0.05, 0) is 57.5 Å². The average molecular weight is 444 g/mol. The molecule has 0 bridgehead atoms. The van der Waals surface area contributed by atoms with Crippen molar-refractivity contribution in [2.45, 2.75) is 51.2 Å². The molecule has 4 rings (SSSR count). The Labute approximate surface area is 187 Å². The van der Waals surface area contributed by atoms with Crippen molar-refractivity contribution in [2.24, 2.45) is 11.8 Å². The zero-order valence-corrected chi connectivity index (χ0v) is 18.1. The number of aliphatic carboxylic acids is 1. The molecule has 1 aromatic carbocycles. The van der Waals surface area contributed by atoms with Gasteiger partial charge < -0.3 is 19.8 Å². The van der Waals surface area contributed by atoms with Crippen molar-refractivity contribution in [1.29, 1.82) is 0 Å². The van der Waals surface area contributed by atoms with Gasteiger partial charge in [0.15, 0.2) is 0 Å². The molecule has 32 heavy (non-hydrogen) atoms. The maximum atomic E-state index is 14.4. The van der Waals surface area contributed by atoms with Gasteiger partial charge in [-0.1, -0.05) is 18.2 Å². The fraction of sp³-hybridized carbons (Fsp3) is 0.542. The highest BCUT2D eigenvalue weighted by molar-refractivity contribution is 5.70. The van der Waals surface area contributed by atoms with E-state index in [0.717, 1.165) is 51.6 Å². The summed E-state index contributed by atoms with van der Waals surface area (Å²) in [6.07, 6.45) is 8.66. The van der Waals surface area contributed by atoms with E-state index < -0.39 is 11.8 Å². The molecule has 2 aromatic rings. The van der Waals surface area contributed by atoms with Gasteiger partial charge >= 0.3 is 12.0 Å². The Bertz CT molecular complexity index is 908. The number of piperidine rings is 1. The molecule has 1 saturated heterocycles. The van der Waals surface area contributed by atoms with Crippen LogP contribution in [0.5, 0.6) is 6.01 Å². The van der Waals surface area contributed by atoms with Crippen molar-refractivity contribution >= 4 is 5.97 Å². The fourth-order valence-electron chi connectivity index (χ4n) is 4.82. The van der Waals surface area contributed by atoms with Crippen LogP contribution >= 0.6 is 0 Å². The van der Waals surface area contributed by atoms with E-state index in [2.05, 4.69) is 14.9 Å². The number of aromatic nitrogens is 2. The molecule has 0 atom stereocenters. The van der Waals surface area contributed by atoms with Gasteiger partial charge in [0.2, 0.25) is 0 Å². The van der Waals surface area contributed by atoms with Crippen LogP contribution in [0.2, 0.25) is 0 Å². The van der Waals surface area contributed by atoms with Crippen LogP contribution < -0.4 is 4.74 Å². The van der Waals surface area contributed by atoms with E-state index in [0.29, 0.717) is 29.7 Å². The molecule has 2 N–H and O–H groups in total. The average Bonchev–Trinajstić information content (AvgIpc) is 2.84. The molecular weight excluding hydrogens is 413 g/mol. The molecule has 2 heterocycles. The maximum absolute atomic E-state index is 14.4. The number of nitrogens with zero attached hydrogens (tertiary/aromatic N) is 3. The number of ether oxygens (including phenoxy) is 1. The standard InChI is InChI=1S/C24H30FN3O4/c25-22-18(14-29)2-1-3-21(22)19-12-26-24(27-13-19)32-15-16-8-10-28(11-9-16)20-6-4-17(5-7-20)23(30)31/h1-3,12-13,16-17,20,29H,4-11,14-15H2,(H,30,31). The summed E-state index contributed by atoms with van der Waals surface area (Å²) in [5.74, 6) is -0.851. The minimum atomic E-state index is -0.654. The Morgan fingerprint density at radius 3 is 2.41 bits per heavy atom. The molecule has 8 heteroatoms. The number of carboxylic acids is 1. The summed E-state index contributed by atoms with van der Waals surface area (Å²) >= 11 is 0. The van der Waals surface area contributed by atoms with Crippen molar-refractivity contribution < 1.29 is 24.1 Å².